The van der Waals surface area contributed by atoms with Crippen LogP contribution in [-0.2, 0) is 4.79 Å². The second kappa shape index (κ2) is 4.34. The molecule has 1 aliphatic heterocycles. The molecule has 0 radical (unpaired) electrons. The molecule has 1 fully saturated rings. The average Bonchev–Trinajstić information content (AvgIpc) is 2.15. The van der Waals surface area contributed by atoms with Crippen LogP contribution in [0.1, 0.15) is 33.6 Å². The predicted octanol–water partition coefficient (Wildman–Crippen LogP) is 0.666. The first kappa shape index (κ1) is 13.5. The number of nitrogens with zero attached hydrogens (tertiary/aromatic N) is 2. The van der Waals surface area contributed by atoms with Gasteiger partial charge in [0.1, 0.15) is 5.54 Å². The van der Waals surface area contributed by atoms with Crippen LogP contribution < -0.4 is 5.73 Å². The minimum Gasteiger partial charge on any atom is -0.368 e. The first-order chi connectivity index (χ1) is 7.20. The van der Waals surface area contributed by atoms with Crippen molar-refractivity contribution < 1.29 is 4.79 Å². The summed E-state index contributed by atoms with van der Waals surface area (Å²) in [5.41, 5.74) is 5.29. The SMILES string of the molecule is CN(C)C1(C(N)=O)CCN(C(C)(C)C)CC1. The Kier molecular flexibility index (Phi) is 3.65. The summed E-state index contributed by atoms with van der Waals surface area (Å²) in [6, 6.07) is 0. The van der Waals surface area contributed by atoms with Crippen LogP contribution in [0.3, 0.4) is 0 Å². The van der Waals surface area contributed by atoms with Crippen molar-refractivity contribution in [2.24, 2.45) is 5.73 Å². The quantitative estimate of drug-likeness (QED) is 0.754. The van der Waals surface area contributed by atoms with Crippen molar-refractivity contribution in [2.75, 3.05) is 27.2 Å². The Balaban J connectivity index is 2.75. The van der Waals surface area contributed by atoms with Gasteiger partial charge in [0.25, 0.3) is 0 Å². The highest BCUT2D eigenvalue weighted by Crippen LogP contribution is 2.30. The molecule has 0 aromatic carbocycles. The fourth-order valence-electron chi connectivity index (χ4n) is 2.46. The molecule has 1 saturated heterocycles. The van der Waals surface area contributed by atoms with Crippen LogP contribution in [-0.4, -0.2) is 54.0 Å². The molecule has 1 aliphatic rings. The first-order valence-corrected chi connectivity index (χ1v) is 5.92. The van der Waals surface area contributed by atoms with Gasteiger partial charge in [-0.2, -0.15) is 0 Å². The molecule has 1 amide bonds. The van der Waals surface area contributed by atoms with Gasteiger partial charge in [-0.1, -0.05) is 0 Å². The molecule has 16 heavy (non-hydrogen) atoms. The zero-order chi connectivity index (χ0) is 12.6. The van der Waals surface area contributed by atoms with Crippen molar-refractivity contribution >= 4 is 5.91 Å². The van der Waals surface area contributed by atoms with Crippen molar-refractivity contribution in [2.45, 2.75) is 44.7 Å². The highest BCUT2D eigenvalue weighted by molar-refractivity contribution is 5.84. The van der Waals surface area contributed by atoms with Crippen molar-refractivity contribution in [3.05, 3.63) is 0 Å². The van der Waals surface area contributed by atoms with Gasteiger partial charge in [-0.25, -0.2) is 0 Å². The molecule has 94 valence electrons. The Morgan fingerprint density at radius 3 is 1.94 bits per heavy atom. The lowest BCUT2D eigenvalue weighted by molar-refractivity contribution is -0.132. The van der Waals surface area contributed by atoms with E-state index in [1.54, 1.807) is 0 Å². The minimum atomic E-state index is -0.443. The van der Waals surface area contributed by atoms with Gasteiger partial charge in [0.05, 0.1) is 0 Å². The summed E-state index contributed by atoms with van der Waals surface area (Å²) >= 11 is 0. The number of likely N-dealkylation sites (tertiary alicyclic amines) is 1. The Bertz CT molecular complexity index is 260. The van der Waals surface area contributed by atoms with Crippen LogP contribution in [0, 0.1) is 0 Å². The van der Waals surface area contributed by atoms with Crippen molar-refractivity contribution in [1.82, 2.24) is 9.80 Å². The summed E-state index contributed by atoms with van der Waals surface area (Å²) in [7, 11) is 3.88. The van der Waals surface area contributed by atoms with E-state index in [2.05, 4.69) is 25.7 Å². The molecule has 1 heterocycles. The second-order valence-electron chi connectivity index (χ2n) is 5.95. The maximum Gasteiger partial charge on any atom is 0.238 e. The molecule has 1 rings (SSSR count). The Labute approximate surface area is 98.8 Å². The summed E-state index contributed by atoms with van der Waals surface area (Å²) in [5.74, 6) is -0.189. The summed E-state index contributed by atoms with van der Waals surface area (Å²) in [4.78, 5) is 16.0. The number of rotatable bonds is 2. The number of primary amides is 1. The standard InChI is InChI=1S/C12H25N3O/c1-11(2,3)15-8-6-12(7-9-15,10(13)16)14(4)5/h6-9H2,1-5H3,(H2,13,16). The number of hydrogen-bond acceptors (Lipinski definition) is 3. The molecule has 2 N–H and O–H groups in total. The van der Waals surface area contributed by atoms with Gasteiger partial charge in [-0.05, 0) is 47.7 Å². The highest BCUT2D eigenvalue weighted by Gasteiger charge is 2.43. The van der Waals surface area contributed by atoms with E-state index in [4.69, 9.17) is 5.73 Å². The third kappa shape index (κ3) is 2.38. The molecule has 0 bridgehead atoms. The number of hydrogen-bond donors (Lipinski definition) is 1. The zero-order valence-electron chi connectivity index (χ0n) is 11.2. The van der Waals surface area contributed by atoms with E-state index < -0.39 is 5.54 Å². The van der Waals surface area contributed by atoms with E-state index in [9.17, 15) is 4.79 Å². The topological polar surface area (TPSA) is 49.6 Å². The van der Waals surface area contributed by atoms with E-state index in [1.165, 1.54) is 0 Å². The van der Waals surface area contributed by atoms with Crippen LogP contribution in [0.15, 0.2) is 0 Å². The molecular weight excluding hydrogens is 202 g/mol. The molecule has 0 saturated carbocycles. The molecule has 0 aromatic rings. The third-order valence-electron chi connectivity index (χ3n) is 3.85. The smallest absolute Gasteiger partial charge is 0.238 e. The third-order valence-corrected chi connectivity index (χ3v) is 3.85. The van der Waals surface area contributed by atoms with Crippen LogP contribution >= 0.6 is 0 Å². The van der Waals surface area contributed by atoms with Gasteiger partial charge in [0, 0.05) is 18.6 Å². The van der Waals surface area contributed by atoms with Gasteiger partial charge in [-0.15, -0.1) is 0 Å². The Hall–Kier alpha value is -0.610. The molecule has 4 heteroatoms. The molecule has 0 atom stereocenters. The maximum atomic E-state index is 11.6. The fourth-order valence-corrected chi connectivity index (χ4v) is 2.46. The fraction of sp³-hybridized carbons (Fsp3) is 0.917. The van der Waals surface area contributed by atoms with Gasteiger partial charge in [0.2, 0.25) is 5.91 Å². The summed E-state index contributed by atoms with van der Waals surface area (Å²) in [6.07, 6.45) is 1.65. The van der Waals surface area contributed by atoms with E-state index in [0.29, 0.717) is 0 Å². The number of amides is 1. The van der Waals surface area contributed by atoms with Gasteiger partial charge in [-0.3, -0.25) is 14.6 Å². The van der Waals surface area contributed by atoms with Gasteiger partial charge < -0.3 is 5.73 Å². The van der Waals surface area contributed by atoms with Crippen LogP contribution in [0.4, 0.5) is 0 Å². The second-order valence-corrected chi connectivity index (χ2v) is 5.95. The van der Waals surface area contributed by atoms with Crippen molar-refractivity contribution in [3.8, 4) is 0 Å². The Morgan fingerprint density at radius 1 is 1.25 bits per heavy atom. The molecule has 0 spiro atoms. The van der Waals surface area contributed by atoms with E-state index in [-0.39, 0.29) is 11.4 Å². The average molecular weight is 227 g/mol. The first-order valence-electron chi connectivity index (χ1n) is 5.92. The molecule has 0 aliphatic carbocycles. The predicted molar refractivity (Wildman–Crippen MR) is 66.2 cm³/mol. The molecule has 4 nitrogen and oxygen atoms in total. The van der Waals surface area contributed by atoms with E-state index in [1.807, 2.05) is 19.0 Å². The monoisotopic (exact) mass is 227 g/mol. The number of carbonyl (C=O) groups excluding carboxylic acids is 1. The van der Waals surface area contributed by atoms with Crippen molar-refractivity contribution in [3.63, 3.8) is 0 Å². The number of piperidine rings is 1. The number of nitrogens with two attached hydrogens (primary N) is 1. The van der Waals surface area contributed by atoms with E-state index in [0.717, 1.165) is 25.9 Å². The van der Waals surface area contributed by atoms with Gasteiger partial charge >= 0.3 is 0 Å². The zero-order valence-corrected chi connectivity index (χ0v) is 11.2. The van der Waals surface area contributed by atoms with Crippen LogP contribution in [0.2, 0.25) is 0 Å². The largest absolute Gasteiger partial charge is 0.368 e. The summed E-state index contributed by atoms with van der Waals surface area (Å²) < 4.78 is 0. The molecular formula is C12H25N3O. The summed E-state index contributed by atoms with van der Waals surface area (Å²) in [5, 5.41) is 0. The van der Waals surface area contributed by atoms with Crippen LogP contribution in [0.25, 0.3) is 0 Å². The highest BCUT2D eigenvalue weighted by atomic mass is 16.1. The summed E-state index contributed by atoms with van der Waals surface area (Å²) in [6.45, 7) is 8.50. The normalized spacial score (nSPS) is 22.4. The number of carbonyl (C=O) groups is 1. The minimum absolute atomic E-state index is 0.177. The molecule has 0 unspecified atom stereocenters. The van der Waals surface area contributed by atoms with E-state index >= 15 is 0 Å². The Morgan fingerprint density at radius 2 is 1.69 bits per heavy atom. The lowest BCUT2D eigenvalue weighted by Crippen LogP contribution is -2.62. The lowest BCUT2D eigenvalue weighted by atomic mass is 9.84. The maximum absolute atomic E-state index is 11.6. The van der Waals surface area contributed by atoms with Crippen molar-refractivity contribution in [1.29, 1.82) is 0 Å². The van der Waals surface area contributed by atoms with Crippen LogP contribution in [0.5, 0.6) is 0 Å². The number of likely N-dealkylation sites (N-methyl/N-ethyl adjacent to an activating group) is 1. The van der Waals surface area contributed by atoms with Gasteiger partial charge in [0.15, 0.2) is 0 Å². The molecule has 0 aromatic heterocycles. The lowest BCUT2D eigenvalue weighted by Gasteiger charge is -2.47.